The van der Waals surface area contributed by atoms with Gasteiger partial charge in [-0.2, -0.15) is 0 Å². The van der Waals surface area contributed by atoms with Gasteiger partial charge in [0, 0.05) is 44.0 Å². The van der Waals surface area contributed by atoms with E-state index in [0.717, 1.165) is 48.9 Å². The molecule has 0 aliphatic carbocycles. The van der Waals surface area contributed by atoms with Crippen molar-refractivity contribution in [3.05, 3.63) is 60.3 Å². The lowest BCUT2D eigenvalue weighted by atomic mass is 10.0. The van der Waals surface area contributed by atoms with E-state index in [0.29, 0.717) is 19.6 Å². The van der Waals surface area contributed by atoms with Crippen LogP contribution >= 0.6 is 0 Å². The fraction of sp³-hybridized carbons (Fsp3) is 0.333. The smallest absolute Gasteiger partial charge is 0.224 e. The third kappa shape index (κ3) is 5.36. The minimum absolute atomic E-state index is 0.0750. The van der Waals surface area contributed by atoms with Crippen LogP contribution in [0.4, 0.5) is 5.69 Å². The maximum atomic E-state index is 11.5. The van der Waals surface area contributed by atoms with Crippen molar-refractivity contribution in [3.8, 4) is 5.75 Å². The molecule has 0 saturated carbocycles. The Balaban J connectivity index is 1.15. The lowest BCUT2D eigenvalue weighted by Gasteiger charge is -2.18. The molecular weight excluding hydrogens is 390 g/mol. The van der Waals surface area contributed by atoms with Crippen molar-refractivity contribution in [2.75, 3.05) is 32.1 Å². The molecule has 0 spiro atoms. The van der Waals surface area contributed by atoms with Crippen LogP contribution in [0.15, 0.2) is 59.7 Å². The van der Waals surface area contributed by atoms with E-state index in [4.69, 9.17) is 4.74 Å². The second kappa shape index (κ2) is 10.0. The van der Waals surface area contributed by atoms with Gasteiger partial charge in [-0.3, -0.25) is 9.79 Å². The summed E-state index contributed by atoms with van der Waals surface area (Å²) in [7, 11) is 1.77. The predicted octanol–water partition coefficient (Wildman–Crippen LogP) is 3.16. The van der Waals surface area contributed by atoms with Crippen LogP contribution in [0.25, 0.3) is 10.9 Å². The van der Waals surface area contributed by atoms with E-state index in [9.17, 15) is 4.79 Å². The van der Waals surface area contributed by atoms with E-state index >= 15 is 0 Å². The molecule has 0 fully saturated rings. The van der Waals surface area contributed by atoms with Crippen molar-refractivity contribution >= 4 is 28.5 Å². The number of aliphatic imine (C=N–C) groups is 1. The van der Waals surface area contributed by atoms with Gasteiger partial charge in [-0.1, -0.05) is 18.2 Å². The van der Waals surface area contributed by atoms with Crippen molar-refractivity contribution in [1.82, 2.24) is 15.2 Å². The van der Waals surface area contributed by atoms with Crippen LogP contribution in [0, 0.1) is 0 Å². The molecule has 3 N–H and O–H groups in total. The average molecular weight is 420 g/mol. The number of aryl methyl sites for hydroxylation is 2. The number of fused-ring (bicyclic) bond motifs is 2. The number of nitrogens with zero attached hydrogens (tertiary/aromatic N) is 2. The third-order valence-corrected chi connectivity index (χ3v) is 5.41. The average Bonchev–Trinajstić information content (AvgIpc) is 3.21. The molecule has 1 aromatic heterocycles. The minimum atomic E-state index is 0.0750. The summed E-state index contributed by atoms with van der Waals surface area (Å²) in [4.78, 5) is 15.7. The van der Waals surface area contributed by atoms with Crippen LogP contribution in [0.3, 0.4) is 0 Å². The predicted molar refractivity (Wildman–Crippen MR) is 125 cm³/mol. The summed E-state index contributed by atoms with van der Waals surface area (Å²) in [6.07, 6.45) is 4.43. The van der Waals surface area contributed by atoms with E-state index in [2.05, 4.69) is 62.0 Å². The Morgan fingerprint density at radius 1 is 1.13 bits per heavy atom. The number of hydrogen-bond donors (Lipinski definition) is 3. The molecule has 1 amide bonds. The summed E-state index contributed by atoms with van der Waals surface area (Å²) >= 11 is 0. The molecule has 1 aliphatic heterocycles. The molecule has 2 aromatic carbocycles. The second-order valence-corrected chi connectivity index (χ2v) is 7.56. The molecule has 0 bridgehead atoms. The lowest BCUT2D eigenvalue weighted by molar-refractivity contribution is -0.116. The summed E-state index contributed by atoms with van der Waals surface area (Å²) in [5.74, 6) is 1.67. The van der Waals surface area contributed by atoms with Crippen molar-refractivity contribution in [2.45, 2.75) is 25.8 Å². The van der Waals surface area contributed by atoms with E-state index in [1.807, 2.05) is 18.2 Å². The van der Waals surface area contributed by atoms with Crippen LogP contribution in [-0.2, 0) is 17.8 Å². The first kappa shape index (κ1) is 20.8. The van der Waals surface area contributed by atoms with Crippen molar-refractivity contribution < 1.29 is 9.53 Å². The highest BCUT2D eigenvalue weighted by Gasteiger charge is 2.14. The van der Waals surface area contributed by atoms with Crippen molar-refractivity contribution in [2.24, 2.45) is 4.99 Å². The van der Waals surface area contributed by atoms with Gasteiger partial charge in [0.1, 0.15) is 12.4 Å². The lowest BCUT2D eigenvalue weighted by Crippen LogP contribution is -2.39. The Kier molecular flexibility index (Phi) is 6.72. The molecule has 162 valence electrons. The van der Waals surface area contributed by atoms with Gasteiger partial charge in [-0.15, -0.1) is 0 Å². The highest BCUT2D eigenvalue weighted by atomic mass is 16.5. The molecule has 7 heteroatoms. The first-order valence-electron chi connectivity index (χ1n) is 10.8. The maximum absolute atomic E-state index is 11.5. The molecule has 31 heavy (non-hydrogen) atoms. The third-order valence-electron chi connectivity index (χ3n) is 5.41. The first-order chi connectivity index (χ1) is 15.2. The van der Waals surface area contributed by atoms with Crippen molar-refractivity contribution in [3.63, 3.8) is 0 Å². The summed E-state index contributed by atoms with van der Waals surface area (Å²) in [6.45, 7) is 2.97. The quantitative estimate of drug-likeness (QED) is 0.298. The Bertz CT molecular complexity index is 1070. The minimum Gasteiger partial charge on any atom is -0.492 e. The number of rotatable bonds is 8. The Labute approximate surface area is 182 Å². The number of amides is 1. The topological polar surface area (TPSA) is 79.7 Å². The van der Waals surface area contributed by atoms with Gasteiger partial charge >= 0.3 is 0 Å². The van der Waals surface area contributed by atoms with Crippen molar-refractivity contribution in [1.29, 1.82) is 0 Å². The van der Waals surface area contributed by atoms with Gasteiger partial charge < -0.3 is 25.3 Å². The number of carbonyl (C=O) groups excluding carboxylic acids is 1. The summed E-state index contributed by atoms with van der Waals surface area (Å²) < 4.78 is 8.13. The number of carbonyl (C=O) groups is 1. The van der Waals surface area contributed by atoms with E-state index < -0.39 is 0 Å². The highest BCUT2D eigenvalue weighted by molar-refractivity contribution is 5.94. The fourth-order valence-corrected chi connectivity index (χ4v) is 3.80. The molecule has 3 aromatic rings. The molecule has 0 radical (unpaired) electrons. The molecule has 0 saturated heterocycles. The number of ether oxygens (including phenoxy) is 1. The maximum Gasteiger partial charge on any atom is 0.224 e. The Morgan fingerprint density at radius 2 is 2.00 bits per heavy atom. The molecule has 2 heterocycles. The van der Waals surface area contributed by atoms with Crippen LogP contribution in [0.5, 0.6) is 5.75 Å². The van der Waals surface area contributed by atoms with E-state index in [-0.39, 0.29) is 5.91 Å². The van der Waals surface area contributed by atoms with Crippen LogP contribution in [0.1, 0.15) is 18.4 Å². The normalized spacial score (nSPS) is 13.6. The second-order valence-electron chi connectivity index (χ2n) is 7.56. The molecule has 0 unspecified atom stereocenters. The number of hydrogen-bond acceptors (Lipinski definition) is 3. The van der Waals surface area contributed by atoms with Gasteiger partial charge in [0.15, 0.2) is 5.96 Å². The summed E-state index contributed by atoms with van der Waals surface area (Å²) in [5, 5.41) is 10.8. The van der Waals surface area contributed by atoms with E-state index in [1.54, 1.807) is 7.05 Å². The van der Waals surface area contributed by atoms with Gasteiger partial charge in [-0.05, 0) is 54.1 Å². The van der Waals surface area contributed by atoms with Crippen LogP contribution < -0.4 is 20.7 Å². The zero-order valence-electron chi connectivity index (χ0n) is 17.9. The zero-order valence-corrected chi connectivity index (χ0v) is 17.9. The monoisotopic (exact) mass is 419 g/mol. The molecule has 4 rings (SSSR count). The molecular formula is C24H29N5O2. The Morgan fingerprint density at radius 3 is 2.90 bits per heavy atom. The van der Waals surface area contributed by atoms with Gasteiger partial charge in [0.2, 0.25) is 5.91 Å². The van der Waals surface area contributed by atoms with E-state index in [1.165, 1.54) is 10.9 Å². The number of anilines is 1. The molecule has 1 aliphatic rings. The fourth-order valence-electron chi connectivity index (χ4n) is 3.80. The summed E-state index contributed by atoms with van der Waals surface area (Å²) in [5.41, 5.74) is 3.28. The number of para-hydroxylation sites is 1. The van der Waals surface area contributed by atoms with Gasteiger partial charge in [0.05, 0.1) is 6.54 Å². The molecule has 7 nitrogen and oxygen atoms in total. The van der Waals surface area contributed by atoms with Gasteiger partial charge in [-0.25, -0.2) is 0 Å². The largest absolute Gasteiger partial charge is 0.492 e. The number of aromatic nitrogens is 1. The molecule has 0 atom stereocenters. The Hall–Kier alpha value is -3.48. The SMILES string of the molecule is CN=C(NCCCn1ccc2ccccc21)NCCOc1ccc2c(c1)CCC(=O)N2. The standard InChI is InChI=1S/C24H29N5O2/c1-25-24(26-12-4-14-29-15-11-18-5-2-3-6-22(18)29)27-13-16-31-20-8-9-21-19(17-20)7-10-23(30)28-21/h2-3,5-6,8-9,11,15,17H,4,7,10,12-14,16H2,1H3,(H,28,30)(H2,25,26,27). The number of guanidine groups is 1. The van der Waals surface area contributed by atoms with Gasteiger partial charge in [0.25, 0.3) is 0 Å². The first-order valence-corrected chi connectivity index (χ1v) is 10.8. The number of benzene rings is 2. The summed E-state index contributed by atoms with van der Waals surface area (Å²) in [6, 6.07) is 16.4. The van der Waals surface area contributed by atoms with Crippen LogP contribution in [-0.4, -0.2) is 43.2 Å². The zero-order chi connectivity index (χ0) is 21.5. The number of nitrogens with one attached hydrogen (secondary N) is 3. The van der Waals surface area contributed by atoms with Crippen LogP contribution in [0.2, 0.25) is 0 Å². The highest BCUT2D eigenvalue weighted by Crippen LogP contribution is 2.26.